The van der Waals surface area contributed by atoms with E-state index in [1.165, 1.54) is 4.90 Å². The number of rotatable bonds is 3. The van der Waals surface area contributed by atoms with Crippen molar-refractivity contribution in [3.05, 3.63) is 23.8 Å². The molecule has 1 N–H and O–H groups in total. The Morgan fingerprint density at radius 2 is 2.04 bits per heavy atom. The van der Waals surface area contributed by atoms with Crippen molar-refractivity contribution < 1.29 is 23.8 Å². The summed E-state index contributed by atoms with van der Waals surface area (Å²) in [6.45, 7) is 5.71. The van der Waals surface area contributed by atoms with Crippen molar-refractivity contribution in [1.82, 2.24) is 10.2 Å². The third-order valence-corrected chi connectivity index (χ3v) is 6.20. The number of fused-ring (bicyclic) bond motifs is 1. The first-order chi connectivity index (χ1) is 12.9. The van der Waals surface area contributed by atoms with Crippen molar-refractivity contribution in [2.75, 3.05) is 19.8 Å². The Balaban J connectivity index is 1.27. The minimum Gasteiger partial charge on any atom is -0.492 e. The zero-order valence-corrected chi connectivity index (χ0v) is 15.6. The lowest BCUT2D eigenvalue weighted by atomic mass is 9.85. The average molecular weight is 372 g/mol. The summed E-state index contributed by atoms with van der Waals surface area (Å²) in [6.07, 6.45) is 1.85. The Morgan fingerprint density at radius 3 is 2.78 bits per heavy atom. The fourth-order valence-electron chi connectivity index (χ4n) is 4.56. The topological polar surface area (TPSA) is 77.1 Å². The van der Waals surface area contributed by atoms with Gasteiger partial charge in [0, 0.05) is 42.9 Å². The number of urea groups is 1. The molecule has 7 heteroatoms. The van der Waals surface area contributed by atoms with E-state index < -0.39 is 5.54 Å². The van der Waals surface area contributed by atoms with Crippen molar-refractivity contribution in [2.45, 2.75) is 56.2 Å². The Kier molecular flexibility index (Phi) is 3.50. The van der Waals surface area contributed by atoms with E-state index in [2.05, 4.69) is 19.2 Å². The van der Waals surface area contributed by atoms with E-state index in [9.17, 15) is 9.59 Å². The molecule has 3 heterocycles. The highest BCUT2D eigenvalue weighted by Crippen LogP contribution is 2.45. The summed E-state index contributed by atoms with van der Waals surface area (Å²) in [5.74, 6) is 1.57. The largest absolute Gasteiger partial charge is 0.492 e. The molecule has 5 rings (SSSR count). The molecule has 2 saturated heterocycles. The second-order valence-electron chi connectivity index (χ2n) is 8.66. The molecule has 1 spiro atoms. The van der Waals surface area contributed by atoms with Crippen molar-refractivity contribution in [1.29, 1.82) is 0 Å². The van der Waals surface area contributed by atoms with Gasteiger partial charge in [-0.05, 0) is 12.1 Å². The molecule has 0 unspecified atom stereocenters. The Morgan fingerprint density at radius 1 is 1.22 bits per heavy atom. The van der Waals surface area contributed by atoms with Crippen molar-refractivity contribution in [3.8, 4) is 11.5 Å². The third-order valence-electron chi connectivity index (χ3n) is 6.20. The van der Waals surface area contributed by atoms with Crippen LogP contribution < -0.4 is 14.8 Å². The van der Waals surface area contributed by atoms with E-state index in [0.717, 1.165) is 17.1 Å². The monoisotopic (exact) mass is 372 g/mol. The lowest BCUT2D eigenvalue weighted by Crippen LogP contribution is -2.53. The molecule has 144 valence electrons. The van der Waals surface area contributed by atoms with Crippen LogP contribution in [0.4, 0.5) is 4.79 Å². The number of imide groups is 1. The van der Waals surface area contributed by atoms with Crippen LogP contribution in [-0.4, -0.2) is 54.3 Å². The van der Waals surface area contributed by atoms with Gasteiger partial charge in [-0.15, -0.1) is 0 Å². The minimum atomic E-state index is -0.843. The van der Waals surface area contributed by atoms with Crippen LogP contribution in [0.1, 0.15) is 38.7 Å². The molecule has 0 aromatic heterocycles. The molecular weight excluding hydrogens is 348 g/mol. The molecule has 0 bridgehead atoms. The average Bonchev–Trinajstić information content (AvgIpc) is 3.24. The van der Waals surface area contributed by atoms with Gasteiger partial charge in [0.2, 0.25) is 0 Å². The van der Waals surface area contributed by atoms with Crippen LogP contribution in [0.15, 0.2) is 18.2 Å². The number of benzene rings is 1. The number of nitrogens with one attached hydrogen (secondary N) is 1. The fourth-order valence-corrected chi connectivity index (χ4v) is 4.56. The van der Waals surface area contributed by atoms with Crippen LogP contribution in [0.2, 0.25) is 0 Å². The highest BCUT2D eigenvalue weighted by molar-refractivity contribution is 6.07. The fraction of sp³-hybridized carbons (Fsp3) is 0.600. The smallest absolute Gasteiger partial charge is 0.325 e. The van der Waals surface area contributed by atoms with Crippen LogP contribution in [-0.2, 0) is 14.9 Å². The number of ether oxygens (including phenoxy) is 3. The molecule has 1 aromatic carbocycles. The van der Waals surface area contributed by atoms with Gasteiger partial charge in [0.15, 0.2) is 0 Å². The van der Waals surface area contributed by atoms with E-state index in [1.54, 1.807) is 0 Å². The summed E-state index contributed by atoms with van der Waals surface area (Å²) in [6, 6.07) is 5.47. The van der Waals surface area contributed by atoms with Gasteiger partial charge in [-0.3, -0.25) is 9.69 Å². The van der Waals surface area contributed by atoms with Crippen molar-refractivity contribution in [2.24, 2.45) is 0 Å². The van der Waals surface area contributed by atoms with Gasteiger partial charge in [-0.1, -0.05) is 19.9 Å². The molecule has 1 aliphatic carbocycles. The first kappa shape index (κ1) is 16.9. The Bertz CT molecular complexity index is 809. The predicted octanol–water partition coefficient (Wildman–Crippen LogP) is 1.98. The Labute approximate surface area is 157 Å². The molecule has 3 amide bonds. The molecule has 3 fully saturated rings. The first-order valence-corrected chi connectivity index (χ1v) is 9.56. The molecule has 7 nitrogen and oxygen atoms in total. The van der Waals surface area contributed by atoms with Gasteiger partial charge in [0.1, 0.15) is 23.1 Å². The highest BCUT2D eigenvalue weighted by atomic mass is 16.5. The van der Waals surface area contributed by atoms with Crippen molar-refractivity contribution >= 4 is 11.9 Å². The van der Waals surface area contributed by atoms with Gasteiger partial charge in [-0.2, -0.15) is 0 Å². The van der Waals surface area contributed by atoms with Gasteiger partial charge in [0.05, 0.1) is 13.2 Å². The molecule has 3 aliphatic heterocycles. The standard InChI is InChI=1S/C20H24N2O5/c1-19(2)10-26-14-4-3-5-15(16(14)19)27-13-8-12(9-13)22-17(23)20(21-18(22)24)6-7-25-11-20/h3-5,12-13H,6-11H2,1-2H3,(H,21,24)/t12?,13?,20-/m0/s1. The highest BCUT2D eigenvalue weighted by Gasteiger charge is 2.57. The second-order valence-corrected chi connectivity index (χ2v) is 8.66. The number of hydrogen-bond acceptors (Lipinski definition) is 5. The van der Waals surface area contributed by atoms with E-state index >= 15 is 0 Å². The van der Waals surface area contributed by atoms with Crippen LogP contribution in [0.5, 0.6) is 11.5 Å². The van der Waals surface area contributed by atoms with Gasteiger partial charge in [-0.25, -0.2) is 4.79 Å². The first-order valence-electron chi connectivity index (χ1n) is 9.56. The number of amides is 3. The van der Waals surface area contributed by atoms with Crippen LogP contribution in [0.25, 0.3) is 0 Å². The number of carbonyl (C=O) groups excluding carboxylic acids is 2. The molecule has 0 radical (unpaired) electrons. The van der Waals surface area contributed by atoms with Crippen molar-refractivity contribution in [3.63, 3.8) is 0 Å². The summed E-state index contributed by atoms with van der Waals surface area (Å²) in [4.78, 5) is 26.5. The summed E-state index contributed by atoms with van der Waals surface area (Å²) in [5.41, 5.74) is 0.171. The predicted molar refractivity (Wildman–Crippen MR) is 95.9 cm³/mol. The summed E-state index contributed by atoms with van der Waals surface area (Å²) in [7, 11) is 0. The van der Waals surface area contributed by atoms with Crippen LogP contribution in [0.3, 0.4) is 0 Å². The van der Waals surface area contributed by atoms with Gasteiger partial charge >= 0.3 is 6.03 Å². The van der Waals surface area contributed by atoms with E-state index in [4.69, 9.17) is 14.2 Å². The summed E-state index contributed by atoms with van der Waals surface area (Å²) >= 11 is 0. The maximum atomic E-state index is 12.8. The SMILES string of the molecule is CC1(C)COc2cccc(OC3CC(N4C(=O)N[C@]5(CCOC5)C4=O)C3)c21. The maximum Gasteiger partial charge on any atom is 0.325 e. The quantitative estimate of drug-likeness (QED) is 0.821. The van der Waals surface area contributed by atoms with E-state index in [-0.39, 0.29) is 36.1 Å². The third kappa shape index (κ3) is 2.44. The Hall–Kier alpha value is -2.28. The zero-order valence-electron chi connectivity index (χ0n) is 15.6. The van der Waals surface area contributed by atoms with Crippen LogP contribution in [0, 0.1) is 0 Å². The minimum absolute atomic E-state index is 0.00474. The van der Waals surface area contributed by atoms with Gasteiger partial charge in [0.25, 0.3) is 5.91 Å². The molecule has 1 atom stereocenters. The molecule has 1 aromatic rings. The maximum absolute atomic E-state index is 12.8. The van der Waals surface area contributed by atoms with E-state index in [0.29, 0.717) is 32.5 Å². The number of nitrogens with zero attached hydrogens (tertiary/aromatic N) is 1. The number of carbonyl (C=O) groups is 2. The van der Waals surface area contributed by atoms with Crippen LogP contribution >= 0.6 is 0 Å². The summed E-state index contributed by atoms with van der Waals surface area (Å²) < 4.78 is 17.3. The zero-order chi connectivity index (χ0) is 18.8. The molecular formula is C20H24N2O5. The second kappa shape index (κ2) is 5.61. The molecule has 4 aliphatic rings. The summed E-state index contributed by atoms with van der Waals surface area (Å²) in [5, 5.41) is 2.84. The normalized spacial score (nSPS) is 33.6. The molecule has 1 saturated carbocycles. The van der Waals surface area contributed by atoms with Gasteiger partial charge < -0.3 is 19.5 Å². The number of hydrogen-bond donors (Lipinski definition) is 1. The van der Waals surface area contributed by atoms with E-state index in [1.807, 2.05) is 18.2 Å². The lowest BCUT2D eigenvalue weighted by Gasteiger charge is -2.40. The molecule has 27 heavy (non-hydrogen) atoms. The lowest BCUT2D eigenvalue weighted by molar-refractivity contribution is -0.135.